The van der Waals surface area contributed by atoms with E-state index in [0.29, 0.717) is 28.4 Å². The Morgan fingerprint density at radius 2 is 1.97 bits per heavy atom. The minimum absolute atomic E-state index is 0.0532. The molecule has 150 valence electrons. The smallest absolute Gasteiger partial charge is 0.291 e. The molecule has 9 heteroatoms. The monoisotopic (exact) mass is 432 g/mol. The molecule has 2 aromatic carbocycles. The summed E-state index contributed by atoms with van der Waals surface area (Å²) in [6.07, 6.45) is 1.99. The fourth-order valence-corrected chi connectivity index (χ4v) is 4.99. The predicted octanol–water partition coefficient (Wildman–Crippen LogP) is 2.63. The van der Waals surface area contributed by atoms with Gasteiger partial charge in [-0.05, 0) is 48.4 Å². The van der Waals surface area contributed by atoms with Gasteiger partial charge in [0.2, 0.25) is 0 Å². The van der Waals surface area contributed by atoms with Gasteiger partial charge in [-0.15, -0.1) is 0 Å². The van der Waals surface area contributed by atoms with Crippen molar-refractivity contribution in [1.29, 1.82) is 0 Å². The third-order valence-electron chi connectivity index (χ3n) is 4.67. The fourth-order valence-electron chi connectivity index (χ4n) is 3.19. The van der Waals surface area contributed by atoms with Gasteiger partial charge in [0.05, 0.1) is 17.2 Å². The quantitative estimate of drug-likeness (QED) is 0.726. The van der Waals surface area contributed by atoms with Crippen LogP contribution in [0, 0.1) is 0 Å². The Hall–Kier alpha value is -2.84. The molecule has 29 heavy (non-hydrogen) atoms. The summed E-state index contributed by atoms with van der Waals surface area (Å²) in [5, 5.41) is 6.02. The highest BCUT2D eigenvalue weighted by Gasteiger charge is 2.29. The molecule has 2 N–H and O–H groups in total. The Balaban J connectivity index is 1.50. The van der Waals surface area contributed by atoms with E-state index in [1.54, 1.807) is 42.5 Å². The first-order valence-corrected chi connectivity index (χ1v) is 11.1. The Morgan fingerprint density at radius 1 is 1.21 bits per heavy atom. The van der Waals surface area contributed by atoms with Gasteiger partial charge in [0.25, 0.3) is 11.8 Å². The number of nitrogens with one attached hydrogen (secondary N) is 2. The number of fused-ring (bicyclic) bond motifs is 1. The van der Waals surface area contributed by atoms with Crippen molar-refractivity contribution in [2.24, 2.45) is 0 Å². The molecular formula is C20H17ClN2O5S. The van der Waals surface area contributed by atoms with E-state index in [2.05, 4.69) is 10.6 Å². The highest BCUT2D eigenvalue weighted by atomic mass is 35.5. The van der Waals surface area contributed by atoms with Gasteiger partial charge in [-0.25, -0.2) is 8.42 Å². The molecule has 0 bridgehead atoms. The van der Waals surface area contributed by atoms with Gasteiger partial charge in [0.1, 0.15) is 0 Å². The number of carbonyl (C=O) groups is 2. The molecule has 1 unspecified atom stereocenters. The average molecular weight is 433 g/mol. The zero-order chi connectivity index (χ0) is 20.6. The largest absolute Gasteiger partial charge is 0.449 e. The van der Waals surface area contributed by atoms with Crippen molar-refractivity contribution in [3.05, 3.63) is 64.4 Å². The van der Waals surface area contributed by atoms with Gasteiger partial charge in [-0.1, -0.05) is 23.7 Å². The lowest BCUT2D eigenvalue weighted by Crippen LogP contribution is -2.35. The molecular weight excluding hydrogens is 416 g/mol. The van der Waals surface area contributed by atoms with Crippen molar-refractivity contribution in [3.63, 3.8) is 0 Å². The SMILES string of the molecule is O=C1Nc2cc(C(=O)NC3CCS(=O)(=O)C3)ccc2O/C1=C\c1ccc(Cl)cc1. The second-order valence-corrected chi connectivity index (χ2v) is 9.57. The molecule has 7 nitrogen and oxygen atoms in total. The van der Waals surface area contributed by atoms with Crippen molar-refractivity contribution in [2.75, 3.05) is 16.8 Å². The minimum Gasteiger partial charge on any atom is -0.449 e. The zero-order valence-electron chi connectivity index (χ0n) is 15.1. The summed E-state index contributed by atoms with van der Waals surface area (Å²) < 4.78 is 28.8. The molecule has 2 aromatic rings. The molecule has 2 amide bonds. The van der Waals surface area contributed by atoms with Gasteiger partial charge in [-0.2, -0.15) is 0 Å². The first-order valence-electron chi connectivity index (χ1n) is 8.91. The van der Waals surface area contributed by atoms with E-state index in [-0.39, 0.29) is 17.3 Å². The second kappa shape index (κ2) is 7.53. The third kappa shape index (κ3) is 4.44. The van der Waals surface area contributed by atoms with Crippen LogP contribution < -0.4 is 15.4 Å². The van der Waals surface area contributed by atoms with E-state index in [4.69, 9.17) is 16.3 Å². The van der Waals surface area contributed by atoms with E-state index in [1.807, 2.05) is 0 Å². The fraction of sp³-hybridized carbons (Fsp3) is 0.200. The molecule has 1 saturated heterocycles. The summed E-state index contributed by atoms with van der Waals surface area (Å²) >= 11 is 5.86. The van der Waals surface area contributed by atoms with Gasteiger partial charge in [0, 0.05) is 16.6 Å². The van der Waals surface area contributed by atoms with Crippen LogP contribution in [-0.2, 0) is 14.6 Å². The van der Waals surface area contributed by atoms with Gasteiger partial charge >= 0.3 is 0 Å². The summed E-state index contributed by atoms with van der Waals surface area (Å²) in [6.45, 7) is 0. The third-order valence-corrected chi connectivity index (χ3v) is 6.69. The molecule has 0 spiro atoms. The Bertz CT molecular complexity index is 1130. The number of carbonyl (C=O) groups excluding carboxylic acids is 2. The van der Waals surface area contributed by atoms with E-state index in [0.717, 1.165) is 5.56 Å². The number of sulfone groups is 1. The topological polar surface area (TPSA) is 102 Å². The maximum Gasteiger partial charge on any atom is 0.291 e. The zero-order valence-corrected chi connectivity index (χ0v) is 16.7. The normalized spacial score (nSPS) is 21.2. The number of benzene rings is 2. The number of halogens is 1. The number of ether oxygens (including phenoxy) is 1. The van der Waals surface area contributed by atoms with Crippen LogP contribution >= 0.6 is 11.6 Å². The molecule has 2 aliphatic rings. The molecule has 0 aliphatic carbocycles. The lowest BCUT2D eigenvalue weighted by molar-refractivity contribution is -0.115. The summed E-state index contributed by atoms with van der Waals surface area (Å²) in [5.41, 5.74) is 1.43. The van der Waals surface area contributed by atoms with E-state index in [1.165, 1.54) is 6.07 Å². The molecule has 0 saturated carbocycles. The number of hydrogen-bond donors (Lipinski definition) is 2. The van der Waals surface area contributed by atoms with Gasteiger partial charge in [0.15, 0.2) is 21.3 Å². The van der Waals surface area contributed by atoms with Crippen LogP contribution in [0.3, 0.4) is 0 Å². The number of anilines is 1. The van der Waals surface area contributed by atoms with Gasteiger partial charge < -0.3 is 15.4 Å². The van der Waals surface area contributed by atoms with Crippen LogP contribution in [0.2, 0.25) is 5.02 Å². The lowest BCUT2D eigenvalue weighted by atomic mass is 10.1. The molecule has 4 rings (SSSR count). The van der Waals surface area contributed by atoms with Crippen LogP contribution in [0.5, 0.6) is 5.75 Å². The standard InChI is InChI=1S/C20H17ClN2O5S/c21-14-4-1-12(2-5-14)9-18-20(25)23-16-10-13(3-6-17(16)28-18)19(24)22-15-7-8-29(26,27)11-15/h1-6,9-10,15H,7-8,11H2,(H,22,24)(H,23,25)/b18-9-. The molecule has 0 aromatic heterocycles. The van der Waals surface area contributed by atoms with E-state index in [9.17, 15) is 18.0 Å². The van der Waals surface area contributed by atoms with Crippen LogP contribution in [0.25, 0.3) is 6.08 Å². The van der Waals surface area contributed by atoms with Crippen molar-refractivity contribution in [3.8, 4) is 5.75 Å². The molecule has 2 aliphatic heterocycles. The second-order valence-electron chi connectivity index (χ2n) is 6.90. The van der Waals surface area contributed by atoms with E-state index < -0.39 is 27.7 Å². The van der Waals surface area contributed by atoms with Gasteiger partial charge in [-0.3, -0.25) is 9.59 Å². The Labute approximate surface area is 172 Å². The minimum atomic E-state index is -3.08. The maximum atomic E-state index is 12.4. The first kappa shape index (κ1) is 19.5. The number of rotatable bonds is 3. The number of hydrogen-bond acceptors (Lipinski definition) is 5. The summed E-state index contributed by atoms with van der Waals surface area (Å²) in [5.74, 6) is -0.284. The summed E-state index contributed by atoms with van der Waals surface area (Å²) in [6, 6.07) is 11.2. The molecule has 0 radical (unpaired) electrons. The van der Waals surface area contributed by atoms with Crippen LogP contribution in [0.4, 0.5) is 5.69 Å². The summed E-state index contributed by atoms with van der Waals surface area (Å²) in [7, 11) is -3.08. The van der Waals surface area contributed by atoms with Crippen LogP contribution in [-0.4, -0.2) is 37.8 Å². The van der Waals surface area contributed by atoms with Crippen LogP contribution in [0.1, 0.15) is 22.3 Å². The Morgan fingerprint density at radius 3 is 2.66 bits per heavy atom. The number of amides is 2. The van der Waals surface area contributed by atoms with Crippen molar-refractivity contribution in [1.82, 2.24) is 5.32 Å². The van der Waals surface area contributed by atoms with Crippen molar-refractivity contribution >= 4 is 45.0 Å². The Kier molecular flexibility index (Phi) is 5.06. The predicted molar refractivity (Wildman–Crippen MR) is 110 cm³/mol. The lowest BCUT2D eigenvalue weighted by Gasteiger charge is -2.21. The van der Waals surface area contributed by atoms with Crippen molar-refractivity contribution < 1.29 is 22.7 Å². The highest BCUT2D eigenvalue weighted by Crippen LogP contribution is 2.32. The maximum absolute atomic E-state index is 12.4. The summed E-state index contributed by atoms with van der Waals surface area (Å²) in [4.78, 5) is 24.8. The van der Waals surface area contributed by atoms with E-state index >= 15 is 0 Å². The van der Waals surface area contributed by atoms with Crippen LogP contribution in [0.15, 0.2) is 48.2 Å². The molecule has 1 atom stereocenters. The molecule has 1 fully saturated rings. The van der Waals surface area contributed by atoms with Crippen molar-refractivity contribution in [2.45, 2.75) is 12.5 Å². The average Bonchev–Trinajstić information content (AvgIpc) is 3.02. The highest BCUT2D eigenvalue weighted by molar-refractivity contribution is 7.91. The first-order chi connectivity index (χ1) is 13.8. The molecule has 2 heterocycles.